The number of nitrogens with zero attached hydrogens (tertiary/aromatic N) is 2. The van der Waals surface area contributed by atoms with E-state index in [1.807, 2.05) is 0 Å². The zero-order chi connectivity index (χ0) is 14.5. The Morgan fingerprint density at radius 1 is 1.35 bits per heavy atom. The normalized spacial score (nSPS) is 11.9. The summed E-state index contributed by atoms with van der Waals surface area (Å²) in [6.07, 6.45) is -0.684. The Bertz CT molecular complexity index is 557. The highest BCUT2D eigenvalue weighted by molar-refractivity contribution is 6.29. The van der Waals surface area contributed by atoms with Gasteiger partial charge in [0.2, 0.25) is 5.95 Å². The van der Waals surface area contributed by atoms with Gasteiger partial charge in [-0.25, -0.2) is 4.98 Å². The van der Waals surface area contributed by atoms with Crippen molar-refractivity contribution in [1.29, 1.82) is 0 Å². The molecule has 2 aromatic rings. The molecule has 4 N–H and O–H groups in total. The van der Waals surface area contributed by atoms with Crippen molar-refractivity contribution in [2.45, 2.75) is 6.10 Å². The molecule has 0 amide bonds. The monoisotopic (exact) mass is 294 g/mol. The van der Waals surface area contributed by atoms with Gasteiger partial charge in [-0.1, -0.05) is 23.7 Å². The molecule has 0 spiro atoms. The lowest BCUT2D eigenvalue weighted by Gasteiger charge is -2.13. The van der Waals surface area contributed by atoms with Crippen molar-refractivity contribution in [2.24, 2.45) is 0 Å². The molecule has 6 nitrogen and oxygen atoms in total. The molecule has 20 heavy (non-hydrogen) atoms. The van der Waals surface area contributed by atoms with E-state index in [1.54, 1.807) is 37.4 Å². The number of aliphatic hydroxyl groups excluding tert-OH is 1. The molecule has 0 saturated carbocycles. The summed E-state index contributed by atoms with van der Waals surface area (Å²) in [4.78, 5) is 7.72. The highest BCUT2D eigenvalue weighted by Crippen LogP contribution is 2.19. The zero-order valence-electron chi connectivity index (χ0n) is 10.9. The lowest BCUT2D eigenvalue weighted by atomic mass is 10.1. The Balaban J connectivity index is 1.98. The molecule has 1 aromatic heterocycles. The summed E-state index contributed by atoms with van der Waals surface area (Å²) < 4.78 is 5.06. The molecule has 0 fully saturated rings. The topological polar surface area (TPSA) is 93.3 Å². The number of nitrogens with two attached hydrogens (primary N) is 1. The zero-order valence-corrected chi connectivity index (χ0v) is 11.6. The molecule has 1 atom stereocenters. The lowest BCUT2D eigenvalue weighted by molar-refractivity contribution is 0.191. The predicted octanol–water partition coefficient (Wildman–Crippen LogP) is 1.87. The Labute approximate surface area is 121 Å². The largest absolute Gasteiger partial charge is 0.497 e. The number of nitrogen functional groups attached to an aromatic ring is 1. The second-order valence-electron chi connectivity index (χ2n) is 4.10. The number of benzene rings is 1. The Morgan fingerprint density at radius 3 is 2.65 bits per heavy atom. The van der Waals surface area contributed by atoms with Crippen molar-refractivity contribution in [3.8, 4) is 5.75 Å². The van der Waals surface area contributed by atoms with E-state index in [0.29, 0.717) is 5.82 Å². The van der Waals surface area contributed by atoms with Gasteiger partial charge in [0, 0.05) is 12.6 Å². The molecule has 2 rings (SSSR count). The van der Waals surface area contributed by atoms with Crippen molar-refractivity contribution >= 4 is 23.4 Å². The first-order valence-electron chi connectivity index (χ1n) is 5.94. The van der Waals surface area contributed by atoms with Crippen LogP contribution in [-0.2, 0) is 0 Å². The Hall–Kier alpha value is -2.05. The van der Waals surface area contributed by atoms with E-state index in [9.17, 15) is 5.11 Å². The molecule has 0 bridgehead atoms. The molecule has 0 aliphatic heterocycles. The maximum atomic E-state index is 10.1. The minimum atomic E-state index is -0.684. The fraction of sp³-hybridized carbons (Fsp3) is 0.231. The van der Waals surface area contributed by atoms with E-state index in [0.717, 1.165) is 11.3 Å². The molecular weight excluding hydrogens is 280 g/mol. The summed E-state index contributed by atoms with van der Waals surface area (Å²) in [5, 5.41) is 13.3. The van der Waals surface area contributed by atoms with Gasteiger partial charge in [0.1, 0.15) is 16.7 Å². The minimum absolute atomic E-state index is 0.0823. The molecule has 1 heterocycles. The van der Waals surface area contributed by atoms with Gasteiger partial charge in [0.25, 0.3) is 0 Å². The van der Waals surface area contributed by atoms with Crippen LogP contribution in [0.15, 0.2) is 30.3 Å². The molecule has 106 valence electrons. The van der Waals surface area contributed by atoms with Crippen LogP contribution in [0.4, 0.5) is 11.8 Å². The van der Waals surface area contributed by atoms with Crippen molar-refractivity contribution in [2.75, 3.05) is 24.7 Å². The molecule has 0 saturated heterocycles. The first-order valence-corrected chi connectivity index (χ1v) is 6.32. The number of aliphatic hydroxyl groups is 1. The van der Waals surface area contributed by atoms with Gasteiger partial charge < -0.3 is 20.9 Å². The van der Waals surface area contributed by atoms with Crippen LogP contribution in [0.3, 0.4) is 0 Å². The van der Waals surface area contributed by atoms with Gasteiger partial charge in [0.05, 0.1) is 13.2 Å². The first kappa shape index (κ1) is 14.4. The molecule has 0 unspecified atom stereocenters. The van der Waals surface area contributed by atoms with Gasteiger partial charge in [-0.05, 0) is 17.7 Å². The average molecular weight is 295 g/mol. The number of anilines is 2. The SMILES string of the molecule is COc1ccc([C@H](O)CNc2cc(Cl)nc(N)n2)cc1. The van der Waals surface area contributed by atoms with Crippen molar-refractivity contribution in [3.05, 3.63) is 41.0 Å². The lowest BCUT2D eigenvalue weighted by Crippen LogP contribution is -2.13. The Kier molecular flexibility index (Phi) is 4.60. The van der Waals surface area contributed by atoms with Gasteiger partial charge in [-0.2, -0.15) is 4.98 Å². The third kappa shape index (κ3) is 3.72. The quantitative estimate of drug-likeness (QED) is 0.729. The average Bonchev–Trinajstić information content (AvgIpc) is 2.44. The molecule has 7 heteroatoms. The third-order valence-corrected chi connectivity index (χ3v) is 2.88. The summed E-state index contributed by atoms with van der Waals surface area (Å²) in [7, 11) is 1.59. The van der Waals surface area contributed by atoms with Crippen molar-refractivity contribution < 1.29 is 9.84 Å². The fourth-order valence-electron chi connectivity index (χ4n) is 1.67. The summed E-state index contributed by atoms with van der Waals surface area (Å²) in [5.74, 6) is 1.29. The summed E-state index contributed by atoms with van der Waals surface area (Å²) in [6, 6.07) is 8.72. The van der Waals surface area contributed by atoms with Crippen molar-refractivity contribution in [1.82, 2.24) is 9.97 Å². The van der Waals surface area contributed by atoms with E-state index in [-0.39, 0.29) is 17.6 Å². The molecule has 0 aliphatic carbocycles. The summed E-state index contributed by atoms with van der Waals surface area (Å²) in [6.45, 7) is 0.277. The van der Waals surface area contributed by atoms with Crippen LogP contribution in [-0.4, -0.2) is 28.7 Å². The standard InChI is InChI=1S/C13H15ClN4O2/c1-20-9-4-2-8(3-5-9)10(19)7-16-12-6-11(14)17-13(15)18-12/h2-6,10,19H,7H2,1H3,(H3,15,16,17,18)/t10-/m1/s1. The highest BCUT2D eigenvalue weighted by Gasteiger charge is 2.08. The number of hydrogen-bond acceptors (Lipinski definition) is 6. The van der Waals surface area contributed by atoms with Gasteiger partial charge in [-0.3, -0.25) is 0 Å². The summed E-state index contributed by atoms with van der Waals surface area (Å²) in [5.41, 5.74) is 6.26. The number of hydrogen-bond donors (Lipinski definition) is 3. The maximum Gasteiger partial charge on any atom is 0.223 e. The van der Waals surface area contributed by atoms with Gasteiger partial charge in [0.15, 0.2) is 0 Å². The van der Waals surface area contributed by atoms with Crippen LogP contribution in [0.2, 0.25) is 5.15 Å². The number of rotatable bonds is 5. The summed E-state index contributed by atoms with van der Waals surface area (Å²) >= 11 is 5.77. The minimum Gasteiger partial charge on any atom is -0.497 e. The molecular formula is C13H15ClN4O2. The van der Waals surface area contributed by atoms with Crippen LogP contribution in [0.5, 0.6) is 5.75 Å². The number of nitrogens with one attached hydrogen (secondary N) is 1. The second kappa shape index (κ2) is 6.40. The van der Waals surface area contributed by atoms with E-state index in [1.165, 1.54) is 0 Å². The predicted molar refractivity (Wildman–Crippen MR) is 77.9 cm³/mol. The maximum absolute atomic E-state index is 10.1. The highest BCUT2D eigenvalue weighted by atomic mass is 35.5. The number of aromatic nitrogens is 2. The van der Waals surface area contributed by atoms with E-state index in [4.69, 9.17) is 22.1 Å². The van der Waals surface area contributed by atoms with Crippen LogP contribution < -0.4 is 15.8 Å². The molecule has 0 aliphatic rings. The molecule has 1 aromatic carbocycles. The first-order chi connectivity index (χ1) is 9.58. The smallest absolute Gasteiger partial charge is 0.223 e. The number of methoxy groups -OCH3 is 1. The van der Waals surface area contributed by atoms with Crippen LogP contribution in [0, 0.1) is 0 Å². The van der Waals surface area contributed by atoms with Crippen molar-refractivity contribution in [3.63, 3.8) is 0 Å². The number of ether oxygens (including phenoxy) is 1. The fourth-order valence-corrected chi connectivity index (χ4v) is 1.86. The van der Waals surface area contributed by atoms with E-state index < -0.39 is 6.10 Å². The third-order valence-electron chi connectivity index (χ3n) is 2.69. The van der Waals surface area contributed by atoms with E-state index in [2.05, 4.69) is 15.3 Å². The van der Waals surface area contributed by atoms with E-state index >= 15 is 0 Å². The second-order valence-corrected chi connectivity index (χ2v) is 4.49. The number of halogens is 1. The molecule has 0 radical (unpaired) electrons. The van der Waals surface area contributed by atoms with Gasteiger partial charge in [-0.15, -0.1) is 0 Å². The van der Waals surface area contributed by atoms with Crippen LogP contribution >= 0.6 is 11.6 Å². The van der Waals surface area contributed by atoms with Crippen LogP contribution in [0.25, 0.3) is 0 Å². The van der Waals surface area contributed by atoms with Gasteiger partial charge >= 0.3 is 0 Å². The Morgan fingerprint density at radius 2 is 2.05 bits per heavy atom. The van der Waals surface area contributed by atoms with Crippen LogP contribution in [0.1, 0.15) is 11.7 Å².